The number of nitrogens with zero attached hydrogens (tertiary/aromatic N) is 3. The quantitative estimate of drug-likeness (QED) is 0.804. The molecular weight excluding hydrogens is 356 g/mol. The average Bonchev–Trinajstić information content (AvgIpc) is 3.00. The van der Waals surface area contributed by atoms with Gasteiger partial charge in [-0.05, 0) is 42.4 Å². The third kappa shape index (κ3) is 3.61. The number of carbonyl (C=O) groups excluding carboxylic acids is 1. The van der Waals surface area contributed by atoms with Crippen molar-refractivity contribution in [3.8, 4) is 5.69 Å². The molecule has 2 aliphatic rings. The van der Waals surface area contributed by atoms with Gasteiger partial charge in [0.05, 0.1) is 17.9 Å². The predicted octanol–water partition coefficient (Wildman–Crippen LogP) is 2.54. The van der Waals surface area contributed by atoms with Crippen molar-refractivity contribution in [3.05, 3.63) is 47.8 Å². The highest BCUT2D eigenvalue weighted by atomic mass is 16.4. The molecule has 0 spiro atoms. The molecule has 1 aromatic carbocycles. The zero-order valence-electron chi connectivity index (χ0n) is 16.2. The van der Waals surface area contributed by atoms with Gasteiger partial charge in [0.15, 0.2) is 0 Å². The summed E-state index contributed by atoms with van der Waals surface area (Å²) in [4.78, 5) is 24.9. The number of nitrogens with one attached hydrogen (secondary N) is 1. The molecule has 1 saturated carbocycles. The Balaban J connectivity index is 1.40. The van der Waals surface area contributed by atoms with E-state index < -0.39 is 6.09 Å². The van der Waals surface area contributed by atoms with Crippen LogP contribution in [-0.2, 0) is 17.8 Å². The van der Waals surface area contributed by atoms with Crippen LogP contribution in [0.5, 0.6) is 0 Å². The van der Waals surface area contributed by atoms with Crippen molar-refractivity contribution in [1.82, 2.24) is 20.0 Å². The van der Waals surface area contributed by atoms with Crippen LogP contribution in [0.25, 0.3) is 5.69 Å². The number of benzene rings is 1. The van der Waals surface area contributed by atoms with E-state index in [0.717, 1.165) is 23.5 Å². The summed E-state index contributed by atoms with van der Waals surface area (Å²) in [6, 6.07) is 12.1. The highest BCUT2D eigenvalue weighted by Crippen LogP contribution is 2.51. The summed E-state index contributed by atoms with van der Waals surface area (Å²) in [5.41, 5.74) is 2.98. The van der Waals surface area contributed by atoms with Crippen LogP contribution in [0.4, 0.5) is 4.79 Å². The SMILES string of the molecule is CC(C)Cc1cc(CNC(=O)C2C3CN(C(=O)O)CC32)nn1-c1ccccc1. The minimum absolute atomic E-state index is 0.0136. The van der Waals surface area contributed by atoms with Crippen molar-refractivity contribution in [2.75, 3.05) is 13.1 Å². The molecule has 1 aliphatic carbocycles. The van der Waals surface area contributed by atoms with Crippen molar-refractivity contribution in [2.45, 2.75) is 26.8 Å². The largest absolute Gasteiger partial charge is 0.465 e. The molecule has 2 atom stereocenters. The number of likely N-dealkylation sites (tertiary alicyclic amines) is 1. The molecule has 1 aliphatic heterocycles. The van der Waals surface area contributed by atoms with E-state index in [-0.39, 0.29) is 23.7 Å². The monoisotopic (exact) mass is 382 g/mol. The van der Waals surface area contributed by atoms with Crippen LogP contribution in [0.1, 0.15) is 25.2 Å². The van der Waals surface area contributed by atoms with Crippen molar-refractivity contribution < 1.29 is 14.7 Å². The lowest BCUT2D eigenvalue weighted by Crippen LogP contribution is -2.34. The molecule has 28 heavy (non-hydrogen) atoms. The van der Waals surface area contributed by atoms with E-state index in [1.54, 1.807) is 0 Å². The molecule has 7 heteroatoms. The number of fused-ring (bicyclic) bond motifs is 1. The Morgan fingerprint density at radius 1 is 1.21 bits per heavy atom. The molecule has 2 fully saturated rings. The van der Waals surface area contributed by atoms with Crippen LogP contribution in [-0.4, -0.2) is 44.9 Å². The Bertz CT molecular complexity index is 865. The number of rotatable bonds is 6. The highest BCUT2D eigenvalue weighted by Gasteiger charge is 2.60. The molecule has 1 saturated heterocycles. The first-order chi connectivity index (χ1) is 13.4. The molecule has 4 rings (SSSR count). The number of para-hydroxylation sites is 1. The highest BCUT2D eigenvalue weighted by molar-refractivity contribution is 5.83. The average molecular weight is 382 g/mol. The fourth-order valence-corrected chi connectivity index (χ4v) is 4.28. The molecule has 1 aromatic heterocycles. The number of aromatic nitrogens is 2. The molecule has 7 nitrogen and oxygen atoms in total. The van der Waals surface area contributed by atoms with E-state index in [9.17, 15) is 9.59 Å². The van der Waals surface area contributed by atoms with Crippen LogP contribution < -0.4 is 5.32 Å². The van der Waals surface area contributed by atoms with Crippen molar-refractivity contribution in [1.29, 1.82) is 0 Å². The van der Waals surface area contributed by atoms with Crippen molar-refractivity contribution in [3.63, 3.8) is 0 Å². The zero-order valence-corrected chi connectivity index (χ0v) is 16.2. The maximum atomic E-state index is 12.5. The Hall–Kier alpha value is -2.83. The van der Waals surface area contributed by atoms with Crippen LogP contribution in [0.2, 0.25) is 0 Å². The summed E-state index contributed by atoms with van der Waals surface area (Å²) in [5.74, 6) is 0.815. The van der Waals surface area contributed by atoms with Crippen LogP contribution in [0, 0.1) is 23.7 Å². The lowest BCUT2D eigenvalue weighted by atomic mass is 10.1. The Kier molecular flexibility index (Phi) is 4.83. The van der Waals surface area contributed by atoms with Gasteiger partial charge in [0.25, 0.3) is 0 Å². The lowest BCUT2D eigenvalue weighted by molar-refractivity contribution is -0.123. The number of piperidine rings is 1. The first kappa shape index (κ1) is 18.5. The van der Waals surface area contributed by atoms with Crippen LogP contribution in [0.3, 0.4) is 0 Å². The Labute approximate surface area is 164 Å². The van der Waals surface area contributed by atoms with E-state index in [0.29, 0.717) is 25.6 Å². The molecule has 0 radical (unpaired) electrons. The lowest BCUT2D eigenvalue weighted by Gasteiger charge is -2.15. The number of carbonyl (C=O) groups is 2. The number of hydrogen-bond acceptors (Lipinski definition) is 3. The standard InChI is InChI=1S/C21H26N4O3/c1-13(2)8-16-9-14(23-25(16)15-6-4-3-5-7-15)10-22-20(26)19-17-11-24(21(27)28)12-18(17)19/h3-7,9,13,17-19H,8,10-12H2,1-2H3,(H,22,26)(H,27,28). The van der Waals surface area contributed by atoms with Gasteiger partial charge in [0.2, 0.25) is 5.91 Å². The molecule has 0 bridgehead atoms. The molecule has 2 heterocycles. The third-order valence-electron chi connectivity index (χ3n) is 5.66. The summed E-state index contributed by atoms with van der Waals surface area (Å²) < 4.78 is 1.96. The molecule has 2 unspecified atom stereocenters. The van der Waals surface area contributed by atoms with Gasteiger partial charge in [-0.2, -0.15) is 5.10 Å². The number of amides is 2. The fraction of sp³-hybridized carbons (Fsp3) is 0.476. The van der Waals surface area contributed by atoms with Gasteiger partial charge in [-0.3, -0.25) is 4.79 Å². The maximum absolute atomic E-state index is 12.5. The molecular formula is C21H26N4O3. The summed E-state index contributed by atoms with van der Waals surface area (Å²) >= 11 is 0. The van der Waals surface area contributed by atoms with Gasteiger partial charge < -0.3 is 15.3 Å². The van der Waals surface area contributed by atoms with E-state index in [2.05, 4.69) is 25.2 Å². The van der Waals surface area contributed by atoms with E-state index >= 15 is 0 Å². The maximum Gasteiger partial charge on any atom is 0.407 e. The third-order valence-corrected chi connectivity index (χ3v) is 5.66. The molecule has 148 valence electrons. The van der Waals surface area contributed by atoms with Crippen molar-refractivity contribution in [2.24, 2.45) is 23.7 Å². The van der Waals surface area contributed by atoms with E-state index in [4.69, 9.17) is 10.2 Å². The molecule has 2 aromatic rings. The minimum atomic E-state index is -0.893. The van der Waals surface area contributed by atoms with Crippen LogP contribution in [0.15, 0.2) is 36.4 Å². The van der Waals surface area contributed by atoms with Gasteiger partial charge in [-0.25, -0.2) is 9.48 Å². The van der Waals surface area contributed by atoms with Gasteiger partial charge in [0, 0.05) is 24.7 Å². The summed E-state index contributed by atoms with van der Waals surface area (Å²) in [5, 5.41) is 16.7. The Morgan fingerprint density at radius 3 is 2.50 bits per heavy atom. The topological polar surface area (TPSA) is 87.5 Å². The van der Waals surface area contributed by atoms with Gasteiger partial charge in [-0.1, -0.05) is 32.0 Å². The van der Waals surface area contributed by atoms with Gasteiger partial charge in [0.1, 0.15) is 0 Å². The van der Waals surface area contributed by atoms with Gasteiger partial charge >= 0.3 is 6.09 Å². The molecule has 2 amide bonds. The van der Waals surface area contributed by atoms with E-state index in [1.165, 1.54) is 4.90 Å². The van der Waals surface area contributed by atoms with E-state index in [1.807, 2.05) is 35.0 Å². The summed E-state index contributed by atoms with van der Waals surface area (Å²) in [6.07, 6.45) is 0.0173. The summed E-state index contributed by atoms with van der Waals surface area (Å²) in [7, 11) is 0. The molecule has 2 N–H and O–H groups in total. The number of carboxylic acid groups (broad SMARTS) is 1. The number of hydrogen-bond donors (Lipinski definition) is 2. The first-order valence-electron chi connectivity index (χ1n) is 9.83. The smallest absolute Gasteiger partial charge is 0.407 e. The summed E-state index contributed by atoms with van der Waals surface area (Å²) in [6.45, 7) is 5.69. The minimum Gasteiger partial charge on any atom is -0.465 e. The zero-order chi connectivity index (χ0) is 19.8. The predicted molar refractivity (Wildman–Crippen MR) is 104 cm³/mol. The van der Waals surface area contributed by atoms with Crippen LogP contribution >= 0.6 is 0 Å². The first-order valence-corrected chi connectivity index (χ1v) is 9.83. The second-order valence-electron chi connectivity index (χ2n) is 8.23. The normalized spacial score (nSPS) is 23.0. The van der Waals surface area contributed by atoms with Crippen molar-refractivity contribution >= 4 is 12.0 Å². The second kappa shape index (κ2) is 7.30. The van der Waals surface area contributed by atoms with Gasteiger partial charge in [-0.15, -0.1) is 0 Å². The fourth-order valence-electron chi connectivity index (χ4n) is 4.28. The second-order valence-corrected chi connectivity index (χ2v) is 8.23. The Morgan fingerprint density at radius 2 is 1.89 bits per heavy atom.